The van der Waals surface area contributed by atoms with Crippen LogP contribution in [-0.4, -0.2) is 29.8 Å². The fourth-order valence-electron chi connectivity index (χ4n) is 2.72. The van der Waals surface area contributed by atoms with E-state index in [0.29, 0.717) is 0 Å². The highest BCUT2D eigenvalue weighted by atomic mass is 19.1. The number of hydrogen-bond acceptors (Lipinski definition) is 3. The summed E-state index contributed by atoms with van der Waals surface area (Å²) >= 11 is 0. The minimum atomic E-state index is -1.19. The highest BCUT2D eigenvalue weighted by Crippen LogP contribution is 2.12. The first-order valence-corrected chi connectivity index (χ1v) is 8.61. The van der Waals surface area contributed by atoms with E-state index in [1.807, 2.05) is 0 Å². The number of nitrogens with two attached hydrogens (primary N) is 1. The largest absolute Gasteiger partial charge is 0.368 e. The molecule has 4 N–H and O–H groups in total. The van der Waals surface area contributed by atoms with Gasteiger partial charge in [0, 0.05) is 19.8 Å². The zero-order valence-corrected chi connectivity index (χ0v) is 15.2. The van der Waals surface area contributed by atoms with E-state index in [4.69, 9.17) is 5.73 Å². The van der Waals surface area contributed by atoms with Gasteiger partial charge in [0.15, 0.2) is 0 Å². The smallest absolute Gasteiger partial charge is 0.243 e. The quantitative estimate of drug-likeness (QED) is 0.633. The maximum atomic E-state index is 13.9. The van der Waals surface area contributed by atoms with Crippen LogP contribution in [0.3, 0.4) is 0 Å². The monoisotopic (exact) mass is 389 g/mol. The van der Waals surface area contributed by atoms with E-state index in [1.54, 1.807) is 12.1 Å². The molecule has 0 aliphatic heterocycles. The average molecular weight is 389 g/mol. The van der Waals surface area contributed by atoms with Crippen LogP contribution in [0.5, 0.6) is 0 Å². The van der Waals surface area contributed by atoms with Crippen molar-refractivity contribution in [3.05, 3.63) is 71.3 Å². The number of hydrogen-bond donors (Lipinski definition) is 3. The zero-order valence-electron chi connectivity index (χ0n) is 15.2. The number of carbonyl (C=O) groups is 3. The van der Waals surface area contributed by atoms with Crippen molar-refractivity contribution in [2.45, 2.75) is 31.8 Å². The van der Waals surface area contributed by atoms with Gasteiger partial charge < -0.3 is 16.4 Å². The van der Waals surface area contributed by atoms with Crippen LogP contribution in [0.15, 0.2) is 48.5 Å². The molecule has 0 aromatic heterocycles. The Hall–Kier alpha value is -3.29. The van der Waals surface area contributed by atoms with E-state index in [0.717, 1.165) is 0 Å². The Balaban J connectivity index is 2.17. The molecule has 6 nitrogen and oxygen atoms in total. The second-order valence-corrected chi connectivity index (χ2v) is 6.31. The van der Waals surface area contributed by atoms with Gasteiger partial charge in [-0.3, -0.25) is 14.4 Å². The molecule has 0 heterocycles. The molecule has 0 saturated carbocycles. The molecule has 0 spiro atoms. The molecule has 0 aliphatic rings. The lowest BCUT2D eigenvalue weighted by Gasteiger charge is -2.22. The third kappa shape index (κ3) is 5.87. The second-order valence-electron chi connectivity index (χ2n) is 6.31. The van der Waals surface area contributed by atoms with Crippen LogP contribution >= 0.6 is 0 Å². The highest BCUT2D eigenvalue weighted by molar-refractivity contribution is 5.91. The van der Waals surface area contributed by atoms with Gasteiger partial charge in [-0.05, 0) is 23.3 Å². The van der Waals surface area contributed by atoms with E-state index >= 15 is 0 Å². The molecule has 0 aliphatic carbocycles. The fraction of sp³-hybridized carbons (Fsp3) is 0.250. The molecular formula is C20H21F2N3O3. The topological polar surface area (TPSA) is 101 Å². The van der Waals surface area contributed by atoms with Crippen molar-refractivity contribution in [3.63, 3.8) is 0 Å². The Morgan fingerprint density at radius 1 is 0.857 bits per heavy atom. The second kappa shape index (κ2) is 9.59. The maximum absolute atomic E-state index is 13.9. The van der Waals surface area contributed by atoms with Gasteiger partial charge in [-0.2, -0.15) is 0 Å². The molecule has 0 fully saturated rings. The van der Waals surface area contributed by atoms with Gasteiger partial charge in [-0.25, -0.2) is 8.78 Å². The van der Waals surface area contributed by atoms with Crippen molar-refractivity contribution in [1.29, 1.82) is 0 Å². The number of benzene rings is 2. The lowest BCUT2D eigenvalue weighted by atomic mass is 10.0. The van der Waals surface area contributed by atoms with E-state index in [-0.39, 0.29) is 24.0 Å². The zero-order chi connectivity index (χ0) is 20.7. The Kier molecular flexibility index (Phi) is 7.20. The van der Waals surface area contributed by atoms with E-state index in [2.05, 4.69) is 10.6 Å². The first kappa shape index (κ1) is 21.0. The van der Waals surface area contributed by atoms with Gasteiger partial charge in [0.1, 0.15) is 23.7 Å². The Bertz CT molecular complexity index is 873. The van der Waals surface area contributed by atoms with Crippen molar-refractivity contribution in [3.8, 4) is 0 Å². The molecule has 0 unspecified atom stereocenters. The van der Waals surface area contributed by atoms with Crippen LogP contribution in [0.1, 0.15) is 18.1 Å². The van der Waals surface area contributed by atoms with Crippen LogP contribution in [0.25, 0.3) is 0 Å². The number of primary amides is 1. The summed E-state index contributed by atoms with van der Waals surface area (Å²) in [6.45, 7) is 1.21. The molecule has 2 aromatic carbocycles. The summed E-state index contributed by atoms with van der Waals surface area (Å²) in [5.41, 5.74) is 5.77. The molecule has 0 bridgehead atoms. The molecule has 28 heavy (non-hydrogen) atoms. The predicted octanol–water partition coefficient (Wildman–Crippen LogP) is 1.22. The summed E-state index contributed by atoms with van der Waals surface area (Å²) in [5, 5.41) is 4.85. The summed E-state index contributed by atoms with van der Waals surface area (Å²) in [6.07, 6.45) is -0.274. The average Bonchev–Trinajstić information content (AvgIpc) is 2.63. The SMILES string of the molecule is CC(=O)N[C@H](Cc1ccccc1F)C(=O)N[C@H](Cc1ccccc1F)C(N)=O. The normalized spacial score (nSPS) is 12.7. The van der Waals surface area contributed by atoms with E-state index in [9.17, 15) is 23.2 Å². The molecular weight excluding hydrogens is 368 g/mol. The van der Waals surface area contributed by atoms with Crippen LogP contribution in [-0.2, 0) is 27.2 Å². The summed E-state index contributed by atoms with van der Waals surface area (Å²) in [5.74, 6) is -3.14. The van der Waals surface area contributed by atoms with Crippen molar-refractivity contribution in [2.75, 3.05) is 0 Å². The molecule has 8 heteroatoms. The first-order chi connectivity index (χ1) is 13.3. The fourth-order valence-corrected chi connectivity index (χ4v) is 2.72. The van der Waals surface area contributed by atoms with E-state index in [1.165, 1.54) is 43.3 Å². The molecule has 2 atom stereocenters. The number of amides is 3. The van der Waals surface area contributed by atoms with Gasteiger partial charge in [0.2, 0.25) is 17.7 Å². The lowest BCUT2D eigenvalue weighted by Crippen LogP contribution is -2.54. The van der Waals surface area contributed by atoms with Crippen LogP contribution in [0.2, 0.25) is 0 Å². The van der Waals surface area contributed by atoms with Gasteiger partial charge >= 0.3 is 0 Å². The molecule has 2 aromatic rings. The van der Waals surface area contributed by atoms with Gasteiger partial charge in [-0.1, -0.05) is 36.4 Å². The van der Waals surface area contributed by atoms with Crippen molar-refractivity contribution in [2.24, 2.45) is 5.73 Å². The molecule has 0 saturated heterocycles. The first-order valence-electron chi connectivity index (χ1n) is 8.61. The number of halogens is 2. The Labute approximate surface area is 161 Å². The molecule has 3 amide bonds. The van der Waals surface area contributed by atoms with Crippen molar-refractivity contribution < 1.29 is 23.2 Å². The van der Waals surface area contributed by atoms with Crippen LogP contribution in [0, 0.1) is 11.6 Å². The van der Waals surface area contributed by atoms with Gasteiger partial charge in [-0.15, -0.1) is 0 Å². The summed E-state index contributed by atoms with van der Waals surface area (Å²) in [7, 11) is 0. The van der Waals surface area contributed by atoms with Crippen LogP contribution in [0.4, 0.5) is 8.78 Å². The third-order valence-electron chi connectivity index (χ3n) is 4.12. The Morgan fingerprint density at radius 2 is 1.32 bits per heavy atom. The standard InChI is InChI=1S/C20H21F2N3O3/c1-12(26)24-18(11-14-7-3-5-9-16(14)22)20(28)25-17(19(23)27)10-13-6-2-4-8-15(13)21/h2-9,17-18H,10-11H2,1H3,(H2,23,27)(H,24,26)(H,25,28)/t17-,18-/m1/s1. The summed E-state index contributed by atoms with van der Waals surface area (Å²) in [6, 6.07) is 9.31. The molecule has 148 valence electrons. The minimum absolute atomic E-state index is 0.122. The Morgan fingerprint density at radius 3 is 1.75 bits per heavy atom. The predicted molar refractivity (Wildman–Crippen MR) is 98.9 cm³/mol. The summed E-state index contributed by atoms with van der Waals surface area (Å²) < 4.78 is 27.8. The van der Waals surface area contributed by atoms with Gasteiger partial charge in [0.05, 0.1) is 0 Å². The van der Waals surface area contributed by atoms with Crippen LogP contribution < -0.4 is 16.4 Å². The highest BCUT2D eigenvalue weighted by Gasteiger charge is 2.26. The van der Waals surface area contributed by atoms with Crippen molar-refractivity contribution in [1.82, 2.24) is 10.6 Å². The summed E-state index contributed by atoms with van der Waals surface area (Å²) in [4.78, 5) is 35.8. The molecule has 0 radical (unpaired) electrons. The maximum Gasteiger partial charge on any atom is 0.243 e. The number of rotatable bonds is 8. The van der Waals surface area contributed by atoms with Gasteiger partial charge in [0.25, 0.3) is 0 Å². The van der Waals surface area contributed by atoms with E-state index < -0.39 is 41.4 Å². The third-order valence-corrected chi connectivity index (χ3v) is 4.12. The van der Waals surface area contributed by atoms with Crippen molar-refractivity contribution >= 4 is 17.7 Å². The number of carbonyl (C=O) groups excluding carboxylic acids is 3. The molecule has 2 rings (SSSR count). The lowest BCUT2D eigenvalue weighted by molar-refractivity contribution is -0.130. The minimum Gasteiger partial charge on any atom is -0.368 e. The number of nitrogens with one attached hydrogen (secondary N) is 2.